The first-order valence-corrected chi connectivity index (χ1v) is 3.20. The predicted molar refractivity (Wildman–Crippen MR) is 31.2 cm³/mol. The van der Waals surface area contributed by atoms with Crippen LogP contribution in [0.5, 0.6) is 0 Å². The third-order valence-corrected chi connectivity index (χ3v) is 1.67. The van der Waals surface area contributed by atoms with Crippen molar-refractivity contribution in [1.82, 2.24) is 5.32 Å². The Bertz CT molecular complexity index is 66.9. The minimum atomic E-state index is -0.419. The molecule has 2 nitrogen and oxygen atoms in total. The first kappa shape index (κ1) is 6.05. The Balaban J connectivity index is 2.24. The van der Waals surface area contributed by atoms with E-state index in [9.17, 15) is 5.11 Å². The Kier molecular flexibility index (Phi) is 1.86. The summed E-state index contributed by atoms with van der Waals surface area (Å²) in [5.74, 6) is 0. The Hall–Kier alpha value is -0.0800. The third-order valence-electron chi connectivity index (χ3n) is 1.67. The molecule has 0 aromatic heterocycles. The molecule has 0 spiro atoms. The molecule has 1 saturated heterocycles. The van der Waals surface area contributed by atoms with E-state index in [0.29, 0.717) is 0 Å². The number of hydrogen-bond donors (Lipinski definition) is 1. The van der Waals surface area contributed by atoms with Gasteiger partial charge in [-0.15, -0.1) is 0 Å². The molecule has 0 saturated carbocycles. The van der Waals surface area contributed by atoms with Crippen molar-refractivity contribution in [3.8, 4) is 0 Å². The maximum absolute atomic E-state index is 10.7. The van der Waals surface area contributed by atoms with E-state index in [-0.39, 0.29) is 6.04 Å². The topological polar surface area (TPSA) is 31.9 Å². The molecule has 1 fully saturated rings. The molecule has 0 aromatic rings. The zero-order valence-electron chi connectivity index (χ0n) is 5.18. The Morgan fingerprint density at radius 2 is 2.50 bits per heavy atom. The first-order chi connectivity index (χ1) is 3.80. The molecular formula is C6H12NO. The Morgan fingerprint density at radius 3 is 2.75 bits per heavy atom. The minimum absolute atomic E-state index is 0.259. The summed E-state index contributed by atoms with van der Waals surface area (Å²) in [5, 5.41) is 13.8. The standard InChI is InChI=1S/C6H12NO/c1-5(8)6-3-2-4-7-6/h5-7H,2-4H2,1H3/t5-,6-/m0/s1. The molecule has 2 heteroatoms. The van der Waals surface area contributed by atoms with Crippen LogP contribution in [0.15, 0.2) is 0 Å². The average molecular weight is 114 g/mol. The Morgan fingerprint density at radius 1 is 1.75 bits per heavy atom. The van der Waals surface area contributed by atoms with Crippen LogP contribution in [0.25, 0.3) is 0 Å². The van der Waals surface area contributed by atoms with Gasteiger partial charge in [0.1, 0.15) is 6.10 Å². The van der Waals surface area contributed by atoms with Gasteiger partial charge < -0.3 is 5.32 Å². The van der Waals surface area contributed by atoms with Gasteiger partial charge in [0.2, 0.25) is 0 Å². The highest BCUT2D eigenvalue weighted by atomic mass is 16.3. The van der Waals surface area contributed by atoms with E-state index < -0.39 is 6.10 Å². The summed E-state index contributed by atoms with van der Waals surface area (Å²) in [4.78, 5) is 0. The Labute approximate surface area is 49.9 Å². The van der Waals surface area contributed by atoms with E-state index in [2.05, 4.69) is 5.32 Å². The summed E-state index contributed by atoms with van der Waals surface area (Å²) in [6.45, 7) is 2.76. The molecule has 0 unspecified atom stereocenters. The summed E-state index contributed by atoms with van der Waals surface area (Å²) in [7, 11) is 0. The predicted octanol–water partition coefficient (Wildman–Crippen LogP) is 0.557. The summed E-state index contributed by atoms with van der Waals surface area (Å²) >= 11 is 0. The van der Waals surface area contributed by atoms with Crippen molar-refractivity contribution in [3.05, 3.63) is 0 Å². The number of nitrogens with one attached hydrogen (secondary N) is 1. The van der Waals surface area contributed by atoms with Crippen LogP contribution in [0.3, 0.4) is 0 Å². The maximum atomic E-state index is 10.7. The molecule has 1 heterocycles. The second-order valence-electron chi connectivity index (χ2n) is 2.41. The van der Waals surface area contributed by atoms with E-state index in [0.717, 1.165) is 13.0 Å². The van der Waals surface area contributed by atoms with Crippen molar-refractivity contribution >= 4 is 0 Å². The molecular weight excluding hydrogens is 102 g/mol. The van der Waals surface area contributed by atoms with Crippen LogP contribution in [0.2, 0.25) is 0 Å². The molecule has 8 heavy (non-hydrogen) atoms. The first-order valence-electron chi connectivity index (χ1n) is 3.20. The second kappa shape index (κ2) is 2.46. The third kappa shape index (κ3) is 1.20. The van der Waals surface area contributed by atoms with Crippen LogP contribution < -0.4 is 5.32 Å². The molecule has 0 aromatic carbocycles. The van der Waals surface area contributed by atoms with Gasteiger partial charge in [-0.1, -0.05) is 0 Å². The fourth-order valence-electron chi connectivity index (χ4n) is 1.11. The van der Waals surface area contributed by atoms with Gasteiger partial charge >= 0.3 is 0 Å². The fraction of sp³-hybridized carbons (Fsp3) is 1.00. The normalized spacial score (nSPS) is 33.0. The molecule has 1 rings (SSSR count). The smallest absolute Gasteiger partial charge is 0.105 e. The molecule has 1 radical (unpaired) electrons. The second-order valence-corrected chi connectivity index (χ2v) is 2.41. The molecule has 47 valence electrons. The monoisotopic (exact) mass is 114 g/mol. The highest BCUT2D eigenvalue weighted by Crippen LogP contribution is 2.08. The summed E-state index contributed by atoms with van der Waals surface area (Å²) < 4.78 is 0. The van der Waals surface area contributed by atoms with Crippen LogP contribution in [0.1, 0.15) is 19.8 Å². The van der Waals surface area contributed by atoms with Crippen LogP contribution in [-0.4, -0.2) is 18.7 Å². The largest absolute Gasteiger partial charge is 0.311 e. The molecule has 0 bridgehead atoms. The lowest BCUT2D eigenvalue weighted by Crippen LogP contribution is -2.31. The van der Waals surface area contributed by atoms with Crippen LogP contribution in [0.4, 0.5) is 0 Å². The van der Waals surface area contributed by atoms with Gasteiger partial charge in [0, 0.05) is 6.04 Å². The summed E-state index contributed by atoms with van der Waals surface area (Å²) in [5.41, 5.74) is 0. The van der Waals surface area contributed by atoms with E-state index in [1.54, 1.807) is 6.92 Å². The molecule has 0 amide bonds. The maximum Gasteiger partial charge on any atom is 0.105 e. The van der Waals surface area contributed by atoms with Crippen molar-refractivity contribution in [3.63, 3.8) is 0 Å². The SMILES string of the molecule is C[C@H]([O])[C@@H]1CCCN1. The fourth-order valence-corrected chi connectivity index (χ4v) is 1.11. The number of rotatable bonds is 1. The lowest BCUT2D eigenvalue weighted by Gasteiger charge is -2.09. The minimum Gasteiger partial charge on any atom is -0.311 e. The van der Waals surface area contributed by atoms with Gasteiger partial charge in [-0.25, -0.2) is 5.11 Å². The molecule has 1 aliphatic rings. The molecule has 1 N–H and O–H groups in total. The van der Waals surface area contributed by atoms with Crippen LogP contribution >= 0.6 is 0 Å². The summed E-state index contributed by atoms with van der Waals surface area (Å²) in [6.07, 6.45) is 1.83. The van der Waals surface area contributed by atoms with Crippen LogP contribution in [0, 0.1) is 0 Å². The van der Waals surface area contributed by atoms with E-state index >= 15 is 0 Å². The lowest BCUT2D eigenvalue weighted by atomic mass is 10.1. The quantitative estimate of drug-likeness (QED) is 0.530. The van der Waals surface area contributed by atoms with Gasteiger partial charge in [0.25, 0.3) is 0 Å². The van der Waals surface area contributed by atoms with Crippen molar-refractivity contribution in [2.45, 2.75) is 31.9 Å². The van der Waals surface area contributed by atoms with Gasteiger partial charge in [0.05, 0.1) is 0 Å². The van der Waals surface area contributed by atoms with Gasteiger partial charge in [-0.3, -0.25) is 0 Å². The van der Waals surface area contributed by atoms with Gasteiger partial charge in [0.15, 0.2) is 0 Å². The summed E-state index contributed by atoms with van der Waals surface area (Å²) in [6, 6.07) is 0.259. The highest BCUT2D eigenvalue weighted by molar-refractivity contribution is 4.77. The van der Waals surface area contributed by atoms with Crippen molar-refractivity contribution < 1.29 is 5.11 Å². The van der Waals surface area contributed by atoms with Crippen molar-refractivity contribution in [2.24, 2.45) is 0 Å². The van der Waals surface area contributed by atoms with Gasteiger partial charge in [-0.05, 0) is 26.3 Å². The zero-order valence-corrected chi connectivity index (χ0v) is 5.18. The van der Waals surface area contributed by atoms with Crippen molar-refractivity contribution in [2.75, 3.05) is 6.54 Å². The van der Waals surface area contributed by atoms with Crippen LogP contribution in [-0.2, 0) is 5.11 Å². The van der Waals surface area contributed by atoms with Gasteiger partial charge in [-0.2, -0.15) is 0 Å². The highest BCUT2D eigenvalue weighted by Gasteiger charge is 2.19. The lowest BCUT2D eigenvalue weighted by molar-refractivity contribution is 0.0755. The average Bonchev–Trinajstić information content (AvgIpc) is 2.12. The number of hydrogen-bond acceptors (Lipinski definition) is 1. The van der Waals surface area contributed by atoms with E-state index in [1.807, 2.05) is 0 Å². The molecule has 2 atom stereocenters. The molecule has 1 aliphatic heterocycles. The van der Waals surface area contributed by atoms with E-state index in [1.165, 1.54) is 6.42 Å². The molecule has 0 aliphatic carbocycles. The van der Waals surface area contributed by atoms with E-state index in [4.69, 9.17) is 0 Å². The van der Waals surface area contributed by atoms with Crippen molar-refractivity contribution in [1.29, 1.82) is 0 Å². The zero-order chi connectivity index (χ0) is 5.98.